The molecule has 20 heavy (non-hydrogen) atoms. The van der Waals surface area contributed by atoms with Gasteiger partial charge < -0.3 is 10.3 Å². The minimum absolute atomic E-state index is 0.160. The number of fused-ring (bicyclic) bond motifs is 1. The zero-order valence-corrected chi connectivity index (χ0v) is 11.4. The van der Waals surface area contributed by atoms with Gasteiger partial charge in [-0.1, -0.05) is 32.1 Å². The van der Waals surface area contributed by atoms with Gasteiger partial charge in [0.2, 0.25) is 5.95 Å². The number of nitrogens with two attached hydrogens (primary N) is 1. The Morgan fingerprint density at radius 3 is 2.70 bits per heavy atom. The summed E-state index contributed by atoms with van der Waals surface area (Å²) in [5.41, 5.74) is 6.46. The highest BCUT2D eigenvalue weighted by Crippen LogP contribution is 2.28. The van der Waals surface area contributed by atoms with Crippen molar-refractivity contribution in [1.82, 2.24) is 9.55 Å². The molecule has 1 aliphatic carbocycles. The Kier molecular flexibility index (Phi) is 3.59. The van der Waals surface area contributed by atoms with Crippen molar-refractivity contribution >= 4 is 17.0 Å². The molecule has 3 nitrogen and oxygen atoms in total. The highest BCUT2D eigenvalue weighted by atomic mass is 19.1. The second kappa shape index (κ2) is 5.38. The van der Waals surface area contributed by atoms with Crippen LogP contribution in [0.2, 0.25) is 0 Å². The fourth-order valence-corrected chi connectivity index (χ4v) is 3.19. The maximum atomic E-state index is 13.7. The first-order chi connectivity index (χ1) is 9.65. The number of aryl methyl sites for hydroxylation is 1. The van der Waals surface area contributed by atoms with Crippen molar-refractivity contribution in [3.05, 3.63) is 23.8 Å². The normalized spacial score (nSPS) is 16.9. The summed E-state index contributed by atoms with van der Waals surface area (Å²) in [4.78, 5) is 4.02. The van der Waals surface area contributed by atoms with E-state index in [0.717, 1.165) is 12.5 Å². The number of imidazole rings is 1. The number of rotatable bonds is 3. The molecule has 1 aromatic carbocycles. The summed E-state index contributed by atoms with van der Waals surface area (Å²) >= 11 is 0. The third-order valence-electron chi connectivity index (χ3n) is 4.29. The molecule has 0 radical (unpaired) electrons. The molecule has 0 bridgehead atoms. The molecule has 0 amide bonds. The van der Waals surface area contributed by atoms with Crippen LogP contribution in [0.4, 0.5) is 14.7 Å². The average Bonchev–Trinajstić information content (AvgIpc) is 2.74. The first-order valence-corrected chi connectivity index (χ1v) is 7.26. The molecule has 1 aliphatic rings. The lowest BCUT2D eigenvalue weighted by atomic mass is 9.87. The second-order valence-electron chi connectivity index (χ2n) is 5.67. The van der Waals surface area contributed by atoms with E-state index >= 15 is 0 Å². The number of nitrogen functional groups attached to an aromatic ring is 1. The number of aromatic nitrogens is 2. The number of hydrogen-bond acceptors (Lipinski definition) is 2. The van der Waals surface area contributed by atoms with E-state index in [-0.39, 0.29) is 11.5 Å². The molecule has 1 aromatic heterocycles. The van der Waals surface area contributed by atoms with Gasteiger partial charge in [0.15, 0.2) is 5.82 Å². The predicted molar refractivity (Wildman–Crippen MR) is 75.3 cm³/mol. The molecule has 0 spiro atoms. The van der Waals surface area contributed by atoms with Gasteiger partial charge in [0.05, 0.1) is 5.52 Å². The third kappa shape index (κ3) is 2.49. The fourth-order valence-electron chi connectivity index (χ4n) is 3.19. The molecule has 1 saturated carbocycles. The van der Waals surface area contributed by atoms with Gasteiger partial charge in [-0.25, -0.2) is 13.8 Å². The summed E-state index contributed by atoms with van der Waals surface area (Å²) in [7, 11) is 0. The summed E-state index contributed by atoms with van der Waals surface area (Å²) in [6.07, 6.45) is 7.38. The highest BCUT2D eigenvalue weighted by Gasteiger charge is 2.17. The van der Waals surface area contributed by atoms with E-state index in [1.54, 1.807) is 4.57 Å². The van der Waals surface area contributed by atoms with Crippen molar-refractivity contribution < 1.29 is 8.78 Å². The van der Waals surface area contributed by atoms with E-state index in [1.165, 1.54) is 38.2 Å². The zero-order valence-electron chi connectivity index (χ0n) is 11.4. The van der Waals surface area contributed by atoms with Crippen LogP contribution in [0.5, 0.6) is 0 Å². The Morgan fingerprint density at radius 2 is 1.95 bits per heavy atom. The summed E-state index contributed by atoms with van der Waals surface area (Å²) < 4.78 is 28.8. The quantitative estimate of drug-likeness (QED) is 0.927. The standard InChI is InChI=1S/C15H19F2N3/c16-11-8-12(17)14-13(9-11)20(15(18)19-14)7-6-10-4-2-1-3-5-10/h8-10H,1-7H2,(H2,18,19). The third-order valence-corrected chi connectivity index (χ3v) is 4.29. The van der Waals surface area contributed by atoms with Gasteiger partial charge in [0.25, 0.3) is 0 Å². The molecule has 2 aromatic rings. The van der Waals surface area contributed by atoms with Crippen LogP contribution in [0.25, 0.3) is 11.0 Å². The van der Waals surface area contributed by atoms with E-state index in [0.29, 0.717) is 18.0 Å². The summed E-state index contributed by atoms with van der Waals surface area (Å²) in [5, 5.41) is 0. The number of hydrogen-bond donors (Lipinski definition) is 1. The van der Waals surface area contributed by atoms with Crippen molar-refractivity contribution in [1.29, 1.82) is 0 Å². The first-order valence-electron chi connectivity index (χ1n) is 7.26. The summed E-state index contributed by atoms with van der Waals surface area (Å²) in [6.45, 7) is 0.676. The van der Waals surface area contributed by atoms with Crippen LogP contribution >= 0.6 is 0 Å². The largest absolute Gasteiger partial charge is 0.369 e. The summed E-state index contributed by atoms with van der Waals surface area (Å²) in [5.74, 6) is -0.281. The van der Waals surface area contributed by atoms with Crippen LogP contribution in [0, 0.1) is 17.6 Å². The maximum Gasteiger partial charge on any atom is 0.201 e. The number of benzene rings is 1. The van der Waals surface area contributed by atoms with Crippen LogP contribution in [-0.2, 0) is 6.54 Å². The van der Waals surface area contributed by atoms with Crippen LogP contribution in [-0.4, -0.2) is 9.55 Å². The molecule has 0 aliphatic heterocycles. The molecule has 1 fully saturated rings. The molecule has 0 saturated heterocycles. The van der Waals surface area contributed by atoms with Crippen LogP contribution in [0.1, 0.15) is 38.5 Å². The molecule has 3 rings (SSSR count). The molecule has 1 heterocycles. The summed E-state index contributed by atoms with van der Waals surface area (Å²) in [6, 6.07) is 2.16. The van der Waals surface area contributed by atoms with E-state index < -0.39 is 11.6 Å². The fraction of sp³-hybridized carbons (Fsp3) is 0.533. The second-order valence-corrected chi connectivity index (χ2v) is 5.67. The molecule has 5 heteroatoms. The van der Waals surface area contributed by atoms with Gasteiger partial charge in [-0.2, -0.15) is 0 Å². The highest BCUT2D eigenvalue weighted by molar-refractivity contribution is 5.79. The van der Waals surface area contributed by atoms with Crippen molar-refractivity contribution in [2.75, 3.05) is 5.73 Å². The van der Waals surface area contributed by atoms with Gasteiger partial charge in [-0.15, -0.1) is 0 Å². The Morgan fingerprint density at radius 1 is 1.20 bits per heavy atom. The Labute approximate surface area is 116 Å². The maximum absolute atomic E-state index is 13.7. The molecular weight excluding hydrogens is 260 g/mol. The molecular formula is C15H19F2N3. The molecule has 2 N–H and O–H groups in total. The lowest BCUT2D eigenvalue weighted by molar-refractivity contribution is 0.326. The topological polar surface area (TPSA) is 43.8 Å². The minimum Gasteiger partial charge on any atom is -0.369 e. The van der Waals surface area contributed by atoms with E-state index in [4.69, 9.17) is 5.73 Å². The van der Waals surface area contributed by atoms with Crippen molar-refractivity contribution in [2.45, 2.75) is 45.1 Å². The monoisotopic (exact) mass is 279 g/mol. The molecule has 0 atom stereocenters. The number of halogens is 2. The Hall–Kier alpha value is -1.65. The average molecular weight is 279 g/mol. The Balaban J connectivity index is 1.85. The molecule has 0 unspecified atom stereocenters. The smallest absolute Gasteiger partial charge is 0.201 e. The zero-order chi connectivity index (χ0) is 14.1. The first kappa shape index (κ1) is 13.3. The number of anilines is 1. The SMILES string of the molecule is Nc1nc2c(F)cc(F)cc2n1CCC1CCCCC1. The van der Waals surface area contributed by atoms with Gasteiger partial charge >= 0.3 is 0 Å². The van der Waals surface area contributed by atoms with E-state index in [1.807, 2.05) is 0 Å². The van der Waals surface area contributed by atoms with Gasteiger partial charge in [0.1, 0.15) is 11.3 Å². The van der Waals surface area contributed by atoms with Crippen LogP contribution < -0.4 is 5.73 Å². The lowest BCUT2D eigenvalue weighted by Gasteiger charge is -2.21. The van der Waals surface area contributed by atoms with Gasteiger partial charge in [0, 0.05) is 18.7 Å². The Bertz CT molecular complexity index is 615. The minimum atomic E-state index is -0.650. The van der Waals surface area contributed by atoms with Crippen molar-refractivity contribution in [2.24, 2.45) is 5.92 Å². The van der Waals surface area contributed by atoms with E-state index in [2.05, 4.69) is 4.98 Å². The molecule has 108 valence electrons. The van der Waals surface area contributed by atoms with Crippen LogP contribution in [0.3, 0.4) is 0 Å². The van der Waals surface area contributed by atoms with Gasteiger partial charge in [-0.3, -0.25) is 0 Å². The van der Waals surface area contributed by atoms with Crippen LogP contribution in [0.15, 0.2) is 12.1 Å². The number of nitrogens with zero attached hydrogens (tertiary/aromatic N) is 2. The van der Waals surface area contributed by atoms with Crippen molar-refractivity contribution in [3.8, 4) is 0 Å². The lowest BCUT2D eigenvalue weighted by Crippen LogP contribution is -2.11. The van der Waals surface area contributed by atoms with E-state index in [9.17, 15) is 8.78 Å². The van der Waals surface area contributed by atoms with Gasteiger partial charge in [-0.05, 0) is 12.3 Å². The van der Waals surface area contributed by atoms with Crippen molar-refractivity contribution in [3.63, 3.8) is 0 Å². The predicted octanol–water partition coefficient (Wildman–Crippen LogP) is 3.87.